The van der Waals surface area contributed by atoms with Crippen LogP contribution in [0.3, 0.4) is 0 Å². The summed E-state index contributed by atoms with van der Waals surface area (Å²) in [5, 5.41) is 2.98. The molecule has 8 heteroatoms. The summed E-state index contributed by atoms with van der Waals surface area (Å²) in [6.07, 6.45) is 1.66. The summed E-state index contributed by atoms with van der Waals surface area (Å²) in [7, 11) is 0. The topological polar surface area (TPSA) is 61.9 Å². The number of carbonyl (C=O) groups is 2. The number of benzene rings is 4. The molecule has 6 nitrogen and oxygen atoms in total. The van der Waals surface area contributed by atoms with Gasteiger partial charge >= 0.3 is 5.97 Å². The van der Waals surface area contributed by atoms with Crippen molar-refractivity contribution in [2.45, 2.75) is 38.7 Å². The van der Waals surface area contributed by atoms with Crippen LogP contribution in [0.25, 0.3) is 11.1 Å². The van der Waals surface area contributed by atoms with E-state index in [9.17, 15) is 18.4 Å². The first-order valence-electron chi connectivity index (χ1n) is 15.4. The summed E-state index contributed by atoms with van der Waals surface area (Å²) in [6, 6.07) is 30.3. The molecule has 1 aliphatic rings. The van der Waals surface area contributed by atoms with E-state index < -0.39 is 12.0 Å². The highest BCUT2D eigenvalue weighted by Crippen LogP contribution is 2.31. The molecule has 234 valence electrons. The van der Waals surface area contributed by atoms with E-state index in [2.05, 4.69) is 15.1 Å². The first kappa shape index (κ1) is 31.9. The Morgan fingerprint density at radius 3 is 2.22 bits per heavy atom. The second kappa shape index (κ2) is 14.5. The highest BCUT2D eigenvalue weighted by Gasteiger charge is 2.30. The monoisotopic (exact) mass is 611 g/mol. The van der Waals surface area contributed by atoms with E-state index in [0.717, 1.165) is 50.7 Å². The first-order chi connectivity index (χ1) is 21.7. The number of hydrogen-bond donors (Lipinski definition) is 1. The third kappa shape index (κ3) is 7.94. The second-order valence-corrected chi connectivity index (χ2v) is 11.4. The van der Waals surface area contributed by atoms with Crippen LogP contribution in [0.5, 0.6) is 0 Å². The Bertz CT molecular complexity index is 1570. The van der Waals surface area contributed by atoms with Crippen molar-refractivity contribution in [3.63, 3.8) is 0 Å². The number of halogens is 2. The average Bonchev–Trinajstić information content (AvgIpc) is 3.30. The van der Waals surface area contributed by atoms with E-state index in [-0.39, 0.29) is 17.4 Å². The number of ether oxygens (including phenoxy) is 1. The summed E-state index contributed by atoms with van der Waals surface area (Å²) in [5.41, 5.74) is 4.36. The number of hydrogen-bond acceptors (Lipinski definition) is 5. The maximum atomic E-state index is 13.7. The van der Waals surface area contributed by atoms with Crippen molar-refractivity contribution in [2.24, 2.45) is 0 Å². The zero-order valence-electron chi connectivity index (χ0n) is 25.7. The Morgan fingerprint density at radius 2 is 1.53 bits per heavy atom. The van der Waals surface area contributed by atoms with Crippen LogP contribution in [0.15, 0.2) is 103 Å². The van der Waals surface area contributed by atoms with Gasteiger partial charge in [0.05, 0.1) is 6.61 Å². The smallest absolute Gasteiger partial charge is 0.328 e. The van der Waals surface area contributed by atoms with Gasteiger partial charge in [0.15, 0.2) is 0 Å². The molecule has 0 spiro atoms. The number of rotatable bonds is 10. The number of nitrogens with zero attached hydrogens (tertiary/aromatic N) is 2. The van der Waals surface area contributed by atoms with Crippen molar-refractivity contribution in [3.05, 3.63) is 120 Å². The van der Waals surface area contributed by atoms with Gasteiger partial charge in [0, 0.05) is 55.6 Å². The Morgan fingerprint density at radius 1 is 0.844 bits per heavy atom. The molecule has 1 amide bonds. The molecule has 5 rings (SSSR count). The zero-order valence-corrected chi connectivity index (χ0v) is 25.7. The number of carbonyl (C=O) groups excluding carboxylic acids is 2. The van der Waals surface area contributed by atoms with E-state index in [1.807, 2.05) is 73.7 Å². The van der Waals surface area contributed by atoms with Gasteiger partial charge in [0.2, 0.25) is 0 Å². The van der Waals surface area contributed by atoms with Crippen LogP contribution in [-0.4, -0.2) is 49.6 Å². The molecule has 1 saturated heterocycles. The van der Waals surface area contributed by atoms with Crippen molar-refractivity contribution in [1.29, 1.82) is 0 Å². The molecule has 0 aliphatic carbocycles. The molecule has 1 fully saturated rings. The maximum Gasteiger partial charge on any atom is 0.328 e. The van der Waals surface area contributed by atoms with Crippen molar-refractivity contribution in [2.75, 3.05) is 43.0 Å². The van der Waals surface area contributed by atoms with E-state index in [1.165, 1.54) is 12.1 Å². The third-order valence-corrected chi connectivity index (χ3v) is 8.05. The minimum Gasteiger partial charge on any atom is -0.464 e. The van der Waals surface area contributed by atoms with Gasteiger partial charge in [-0.25, -0.2) is 13.6 Å². The Labute approximate surface area is 263 Å². The first-order valence-corrected chi connectivity index (χ1v) is 15.4. The Balaban J connectivity index is 1.25. The third-order valence-electron chi connectivity index (χ3n) is 8.05. The highest BCUT2D eigenvalue weighted by atomic mass is 19.3. The largest absolute Gasteiger partial charge is 0.464 e. The predicted octanol–water partition coefficient (Wildman–Crippen LogP) is 7.92. The van der Waals surface area contributed by atoms with Crippen molar-refractivity contribution in [3.8, 4) is 11.1 Å². The normalized spacial score (nSPS) is 14.8. The van der Waals surface area contributed by atoms with E-state index in [0.29, 0.717) is 35.5 Å². The Kier molecular flexibility index (Phi) is 10.2. The minimum atomic E-state index is -2.93. The lowest BCUT2D eigenvalue weighted by Crippen LogP contribution is -2.38. The lowest BCUT2D eigenvalue weighted by Gasteiger charge is -2.29. The zero-order chi connectivity index (χ0) is 31.8. The van der Waals surface area contributed by atoms with Gasteiger partial charge in [-0.3, -0.25) is 9.69 Å². The van der Waals surface area contributed by atoms with E-state index in [1.54, 1.807) is 24.3 Å². The molecule has 0 bridgehead atoms. The molecule has 1 unspecified atom stereocenters. The molecular formula is C37H39F2N3O3. The second-order valence-electron chi connectivity index (χ2n) is 11.4. The van der Waals surface area contributed by atoms with Crippen LogP contribution in [0.2, 0.25) is 0 Å². The van der Waals surface area contributed by atoms with Crippen LogP contribution >= 0.6 is 0 Å². The molecule has 0 aromatic heterocycles. The lowest BCUT2D eigenvalue weighted by atomic mass is 9.97. The molecular weight excluding hydrogens is 572 g/mol. The lowest BCUT2D eigenvalue weighted by molar-refractivity contribution is -0.150. The van der Waals surface area contributed by atoms with Gasteiger partial charge in [-0.2, -0.15) is 0 Å². The fraction of sp³-hybridized carbons (Fsp3) is 0.297. The standard InChI is InChI=1S/C37H39F2N3O3/c1-3-26-45-36(44)34(28-10-5-4-6-11-28)42-23-9-22-41(24-25-42)31-20-18-30(19-21-31)40-35(43)33-13-8-7-12-32(33)27-14-16-29(17-15-27)37(2,38)39/h4-8,10-21,34H,3,9,22-26H2,1-2H3,(H,40,43). The predicted molar refractivity (Wildman–Crippen MR) is 175 cm³/mol. The molecule has 4 aromatic carbocycles. The highest BCUT2D eigenvalue weighted by molar-refractivity contribution is 6.08. The van der Waals surface area contributed by atoms with Gasteiger partial charge in [-0.1, -0.05) is 79.7 Å². The number of anilines is 2. The van der Waals surface area contributed by atoms with Crippen LogP contribution in [0.1, 0.15) is 54.2 Å². The number of esters is 1. The summed E-state index contributed by atoms with van der Waals surface area (Å²) >= 11 is 0. The van der Waals surface area contributed by atoms with Crippen LogP contribution < -0.4 is 10.2 Å². The molecule has 0 saturated carbocycles. The van der Waals surface area contributed by atoms with Gasteiger partial charge in [0.1, 0.15) is 6.04 Å². The fourth-order valence-corrected chi connectivity index (χ4v) is 5.70. The summed E-state index contributed by atoms with van der Waals surface area (Å²) in [5.74, 6) is -3.42. The van der Waals surface area contributed by atoms with Gasteiger partial charge in [0.25, 0.3) is 11.8 Å². The molecule has 4 aromatic rings. The summed E-state index contributed by atoms with van der Waals surface area (Å²) in [6.45, 7) is 6.32. The molecule has 1 heterocycles. The van der Waals surface area contributed by atoms with Gasteiger partial charge < -0.3 is 15.0 Å². The van der Waals surface area contributed by atoms with E-state index in [4.69, 9.17) is 4.74 Å². The SMILES string of the molecule is CCCOC(=O)C(c1ccccc1)N1CCCN(c2ccc(NC(=O)c3ccccc3-c3ccc(C(C)(F)F)cc3)cc2)CC1. The molecule has 1 atom stereocenters. The molecule has 45 heavy (non-hydrogen) atoms. The van der Waals surface area contributed by atoms with Gasteiger partial charge in [-0.15, -0.1) is 0 Å². The Hall–Kier alpha value is -4.56. The molecule has 1 aliphatic heterocycles. The summed E-state index contributed by atoms with van der Waals surface area (Å²) < 4.78 is 33.0. The van der Waals surface area contributed by atoms with Crippen molar-refractivity contribution in [1.82, 2.24) is 4.90 Å². The maximum absolute atomic E-state index is 13.7. The van der Waals surface area contributed by atoms with Crippen LogP contribution in [0, 0.1) is 0 Å². The minimum absolute atomic E-state index is 0.0733. The number of nitrogens with one attached hydrogen (secondary N) is 1. The fourth-order valence-electron chi connectivity index (χ4n) is 5.70. The molecule has 0 radical (unpaired) electrons. The molecule has 1 N–H and O–H groups in total. The van der Waals surface area contributed by atoms with Gasteiger partial charge in [-0.05, 0) is 59.9 Å². The van der Waals surface area contributed by atoms with Crippen LogP contribution in [0.4, 0.5) is 20.2 Å². The van der Waals surface area contributed by atoms with E-state index >= 15 is 0 Å². The van der Waals surface area contributed by atoms with Crippen LogP contribution in [-0.2, 0) is 15.5 Å². The average molecular weight is 612 g/mol. The number of amides is 1. The number of alkyl halides is 2. The van der Waals surface area contributed by atoms with Crippen molar-refractivity contribution < 1.29 is 23.1 Å². The quantitative estimate of drug-likeness (QED) is 0.185. The van der Waals surface area contributed by atoms with Crippen molar-refractivity contribution >= 4 is 23.3 Å². The summed E-state index contributed by atoms with van der Waals surface area (Å²) in [4.78, 5) is 30.9.